The molecule has 0 aromatic heterocycles. The molecule has 3 nitrogen and oxygen atoms in total. The quantitative estimate of drug-likeness (QED) is 0.364. The first-order valence-corrected chi connectivity index (χ1v) is 10.7. The molecule has 0 heterocycles. The van der Waals surface area contributed by atoms with Crippen molar-refractivity contribution in [3.05, 3.63) is 67.3 Å². The van der Waals surface area contributed by atoms with Crippen LogP contribution < -0.4 is 21.2 Å². The zero-order valence-electron chi connectivity index (χ0n) is 13.8. The van der Waals surface area contributed by atoms with E-state index in [9.17, 15) is 13.2 Å². The fourth-order valence-electron chi connectivity index (χ4n) is 1.62. The Labute approximate surface area is 156 Å². The molecule has 0 spiro atoms. The molecule has 0 amide bonds. The summed E-state index contributed by atoms with van der Waals surface area (Å²) in [6, 6.07) is 19.9. The van der Waals surface area contributed by atoms with Crippen LogP contribution in [0.4, 0.5) is 13.2 Å². The maximum Gasteiger partial charge on any atom is 0.485 e. The summed E-state index contributed by atoms with van der Waals surface area (Å²) >= 11 is -0.0208. The molecule has 0 bridgehead atoms. The van der Waals surface area contributed by atoms with Gasteiger partial charge in [-0.2, -0.15) is 13.2 Å². The van der Waals surface area contributed by atoms with E-state index in [1.54, 1.807) is 0 Å². The molecule has 2 aromatic carbocycles. The lowest BCUT2D eigenvalue weighted by Gasteiger charge is -2.18. The number of hydrogen-bond donors (Lipinski definition) is 0. The fraction of sp³-hybridized carbons (Fsp3) is 0.294. The second-order valence-corrected chi connectivity index (χ2v) is 10.4. The second-order valence-electron chi connectivity index (χ2n) is 6.05. The Morgan fingerprint density at radius 2 is 1.24 bits per heavy atom. The topological polar surface area (TPSA) is 57.2 Å². The molecule has 25 heavy (non-hydrogen) atoms. The molecule has 0 unspecified atom stereocenters. The summed E-state index contributed by atoms with van der Waals surface area (Å²) in [6.45, 7) is 6.77. The third kappa shape index (κ3) is 7.74. The van der Waals surface area contributed by atoms with Crippen molar-refractivity contribution in [3.63, 3.8) is 0 Å². The first-order chi connectivity index (χ1) is 11.3. The Bertz CT molecular complexity index is 766. The van der Waals surface area contributed by atoms with E-state index in [1.165, 1.54) is 12.7 Å². The van der Waals surface area contributed by atoms with Gasteiger partial charge < -0.3 is 4.55 Å². The van der Waals surface area contributed by atoms with Crippen molar-refractivity contribution in [2.75, 3.05) is 0 Å². The molecule has 8 heteroatoms. The zero-order chi connectivity index (χ0) is 19.3. The predicted octanol–water partition coefficient (Wildman–Crippen LogP) is 1.16. The molecule has 0 radical (unpaired) electrons. The Balaban J connectivity index is 0.000000333. The molecule has 0 fully saturated rings. The van der Waals surface area contributed by atoms with Crippen molar-refractivity contribution in [3.8, 4) is 0 Å². The summed E-state index contributed by atoms with van der Waals surface area (Å²) in [5.41, 5.74) is -3.98. The zero-order valence-corrected chi connectivity index (χ0v) is 16.8. The van der Waals surface area contributed by atoms with E-state index in [0.717, 1.165) is 0 Å². The van der Waals surface area contributed by atoms with Crippen molar-refractivity contribution >= 4 is 10.1 Å². The molecule has 0 N–H and O–H groups in total. The van der Waals surface area contributed by atoms with Crippen molar-refractivity contribution in [2.45, 2.75) is 31.7 Å². The van der Waals surface area contributed by atoms with Crippen LogP contribution in [0, 0.1) is 7.14 Å². The van der Waals surface area contributed by atoms with Crippen LogP contribution in [0.3, 0.4) is 0 Å². The number of alkyl halides is 3. The molecule has 138 valence electrons. The standard InChI is InChI=1S/C16H18I.CHF3O3S/c1-16(2,3)13-9-11-15(12-10-13)17-14-7-5-4-6-8-14;2-1(3,4)8(5,6)7/h4-12H,1-3H3;(H,5,6,7)/q+1;/p-1. The highest BCUT2D eigenvalue weighted by molar-refractivity contribution is 7.86. The number of halogens is 4. The molecular weight excluding hydrogens is 468 g/mol. The van der Waals surface area contributed by atoms with E-state index in [1.807, 2.05) is 0 Å². The van der Waals surface area contributed by atoms with Crippen LogP contribution in [0.15, 0.2) is 54.6 Å². The predicted molar refractivity (Wildman–Crippen MR) is 84.7 cm³/mol. The fourth-order valence-corrected chi connectivity index (χ4v) is 3.83. The van der Waals surface area contributed by atoms with Crippen LogP contribution in [0.1, 0.15) is 26.3 Å². The van der Waals surface area contributed by atoms with Gasteiger partial charge in [-0.1, -0.05) is 51.1 Å². The minimum atomic E-state index is -6.09. The van der Waals surface area contributed by atoms with E-state index in [-0.39, 0.29) is 26.6 Å². The molecule has 0 saturated heterocycles. The van der Waals surface area contributed by atoms with Gasteiger partial charge in [-0.15, -0.1) is 0 Å². The highest BCUT2D eigenvalue weighted by Crippen LogP contribution is 2.21. The lowest BCUT2D eigenvalue weighted by atomic mass is 9.87. The van der Waals surface area contributed by atoms with Crippen molar-refractivity contribution in [2.24, 2.45) is 0 Å². The SMILES string of the molecule is CC(C)(C)c1ccc([I+]c2ccccc2)cc1.O=S(=O)([O-])C(F)(F)F. The Morgan fingerprint density at radius 3 is 1.60 bits per heavy atom. The average molecular weight is 486 g/mol. The van der Waals surface area contributed by atoms with Crippen LogP contribution in [-0.2, 0) is 15.5 Å². The van der Waals surface area contributed by atoms with E-state index in [4.69, 9.17) is 13.0 Å². The van der Waals surface area contributed by atoms with Gasteiger partial charge in [0, 0.05) is 0 Å². The third-order valence-corrected chi connectivity index (χ3v) is 6.20. The van der Waals surface area contributed by atoms with E-state index >= 15 is 0 Å². The summed E-state index contributed by atoms with van der Waals surface area (Å²) in [5.74, 6) is 0. The van der Waals surface area contributed by atoms with Gasteiger partial charge in [-0.05, 0) is 35.2 Å². The minimum absolute atomic E-state index is 0.0208. The van der Waals surface area contributed by atoms with Crippen LogP contribution in [0.5, 0.6) is 0 Å². The third-order valence-electron chi connectivity index (χ3n) is 2.95. The van der Waals surface area contributed by atoms with Gasteiger partial charge in [0.25, 0.3) is 0 Å². The smallest absolute Gasteiger partial charge is 0.485 e. The monoisotopic (exact) mass is 486 g/mol. The lowest BCUT2D eigenvalue weighted by Crippen LogP contribution is -3.61. The minimum Gasteiger partial charge on any atom is -0.741 e. The lowest BCUT2D eigenvalue weighted by molar-refractivity contribution is -0.597. The van der Waals surface area contributed by atoms with Crippen molar-refractivity contribution in [1.29, 1.82) is 0 Å². The number of hydrogen-bond acceptors (Lipinski definition) is 3. The van der Waals surface area contributed by atoms with Crippen LogP contribution in [0.2, 0.25) is 0 Å². The second kappa shape index (κ2) is 8.50. The molecule has 0 aliphatic heterocycles. The van der Waals surface area contributed by atoms with Crippen LogP contribution in [-0.4, -0.2) is 18.5 Å². The molecule has 0 aliphatic carbocycles. The Kier molecular flexibility index (Phi) is 7.45. The van der Waals surface area contributed by atoms with E-state index < -0.39 is 15.6 Å². The van der Waals surface area contributed by atoms with Crippen molar-refractivity contribution in [1.82, 2.24) is 0 Å². The number of rotatable bonds is 2. The largest absolute Gasteiger partial charge is 0.741 e. The van der Waals surface area contributed by atoms with Gasteiger partial charge in [0.15, 0.2) is 17.3 Å². The molecule has 0 atom stereocenters. The van der Waals surface area contributed by atoms with Crippen molar-refractivity contribution < 1.29 is 47.3 Å². The number of benzene rings is 2. The molecule has 2 aromatic rings. The summed E-state index contributed by atoms with van der Waals surface area (Å²) in [7, 11) is -6.09. The normalized spacial score (nSPS) is 12.3. The highest BCUT2D eigenvalue weighted by Gasteiger charge is 2.36. The average Bonchev–Trinajstić information content (AvgIpc) is 2.46. The van der Waals surface area contributed by atoms with Crippen LogP contribution in [0.25, 0.3) is 0 Å². The Hall–Kier alpha value is -1.13. The summed E-state index contributed by atoms with van der Waals surface area (Å²) in [6.07, 6.45) is 0. The molecule has 0 aliphatic rings. The van der Waals surface area contributed by atoms with Gasteiger partial charge in [0.05, 0.1) is 0 Å². The van der Waals surface area contributed by atoms with E-state index in [0.29, 0.717) is 0 Å². The summed E-state index contributed by atoms with van der Waals surface area (Å²) in [5, 5.41) is 0. The van der Waals surface area contributed by atoms with Gasteiger partial charge in [0.2, 0.25) is 0 Å². The van der Waals surface area contributed by atoms with E-state index in [2.05, 4.69) is 75.4 Å². The van der Waals surface area contributed by atoms with Gasteiger partial charge in [-0.3, -0.25) is 0 Å². The van der Waals surface area contributed by atoms with Crippen LogP contribution >= 0.6 is 0 Å². The maximum atomic E-state index is 10.7. The summed E-state index contributed by atoms with van der Waals surface area (Å²) < 4.78 is 61.9. The Morgan fingerprint density at radius 1 is 0.840 bits per heavy atom. The first-order valence-electron chi connectivity index (χ1n) is 7.13. The molecule has 2 rings (SSSR count). The molecule has 0 saturated carbocycles. The maximum absolute atomic E-state index is 10.7. The van der Waals surface area contributed by atoms with Gasteiger partial charge >= 0.3 is 26.7 Å². The van der Waals surface area contributed by atoms with Gasteiger partial charge in [0.1, 0.15) is 0 Å². The highest BCUT2D eigenvalue weighted by atomic mass is 127. The first kappa shape index (κ1) is 21.9. The molecular formula is C17H18F3IO3S. The summed E-state index contributed by atoms with van der Waals surface area (Å²) in [4.78, 5) is 0. The van der Waals surface area contributed by atoms with Gasteiger partial charge in [-0.25, -0.2) is 8.42 Å².